The van der Waals surface area contributed by atoms with Gasteiger partial charge in [-0.05, 0) is 50.1 Å². The molecule has 0 spiro atoms. The molecular formula is C17H20N2O2. The molecule has 1 amide bonds. The Bertz CT molecular complexity index is 666. The van der Waals surface area contributed by atoms with Crippen LogP contribution in [0.25, 0.3) is 6.08 Å². The van der Waals surface area contributed by atoms with E-state index in [2.05, 4.69) is 10.6 Å². The van der Waals surface area contributed by atoms with Gasteiger partial charge in [0.05, 0.1) is 6.04 Å². The zero-order chi connectivity index (χ0) is 14.8. The van der Waals surface area contributed by atoms with Crippen LogP contribution >= 0.6 is 0 Å². The summed E-state index contributed by atoms with van der Waals surface area (Å²) in [6.07, 6.45) is 7.46. The van der Waals surface area contributed by atoms with E-state index in [0.717, 1.165) is 30.9 Å². The lowest BCUT2D eigenvalue weighted by Gasteiger charge is -2.24. The Balaban J connectivity index is 1.74. The van der Waals surface area contributed by atoms with Gasteiger partial charge in [-0.2, -0.15) is 0 Å². The molecule has 0 radical (unpaired) electrons. The van der Waals surface area contributed by atoms with Gasteiger partial charge in [-0.15, -0.1) is 0 Å². The molecule has 1 atom stereocenters. The minimum Gasteiger partial charge on any atom is -0.462 e. The zero-order valence-electron chi connectivity index (χ0n) is 12.5. The molecule has 110 valence electrons. The van der Waals surface area contributed by atoms with E-state index in [1.54, 1.807) is 12.2 Å². The molecule has 3 heterocycles. The molecule has 1 aliphatic heterocycles. The van der Waals surface area contributed by atoms with Crippen LogP contribution in [0.2, 0.25) is 0 Å². The summed E-state index contributed by atoms with van der Waals surface area (Å²) in [6, 6.07) is 8.07. The Morgan fingerprint density at radius 1 is 1.38 bits per heavy atom. The molecule has 3 rings (SSSR count). The van der Waals surface area contributed by atoms with Crippen LogP contribution < -0.4 is 0 Å². The van der Waals surface area contributed by atoms with Crippen LogP contribution in [0.3, 0.4) is 0 Å². The lowest BCUT2D eigenvalue weighted by Crippen LogP contribution is -2.29. The number of furan rings is 1. The van der Waals surface area contributed by atoms with E-state index >= 15 is 0 Å². The van der Waals surface area contributed by atoms with E-state index in [4.69, 9.17) is 4.42 Å². The van der Waals surface area contributed by atoms with Crippen molar-refractivity contribution in [3.63, 3.8) is 0 Å². The first-order valence-electron chi connectivity index (χ1n) is 7.31. The first-order valence-corrected chi connectivity index (χ1v) is 7.31. The number of aryl methyl sites for hydroxylation is 2. The number of carbonyl (C=O) groups is 1. The fourth-order valence-electron chi connectivity index (χ4n) is 2.95. The van der Waals surface area contributed by atoms with Crippen LogP contribution in [0.15, 0.2) is 41.0 Å². The number of carbonyl (C=O) groups excluding carboxylic acids is 1. The smallest absolute Gasteiger partial charge is 0.247 e. The maximum atomic E-state index is 12.4. The molecule has 1 aliphatic rings. The van der Waals surface area contributed by atoms with Gasteiger partial charge >= 0.3 is 0 Å². The highest BCUT2D eigenvalue weighted by Gasteiger charge is 2.30. The molecule has 1 fully saturated rings. The summed E-state index contributed by atoms with van der Waals surface area (Å²) in [5.74, 6) is 1.62. The van der Waals surface area contributed by atoms with Crippen molar-refractivity contribution in [2.75, 3.05) is 6.54 Å². The average Bonchev–Trinajstić information content (AvgIpc) is 3.16. The fraction of sp³-hybridized carbons (Fsp3) is 0.353. The zero-order valence-corrected chi connectivity index (χ0v) is 12.5. The number of hydrogen-bond acceptors (Lipinski definition) is 2. The summed E-state index contributed by atoms with van der Waals surface area (Å²) < 4.78 is 7.55. The van der Waals surface area contributed by atoms with Gasteiger partial charge in [-0.1, -0.05) is 0 Å². The first-order chi connectivity index (χ1) is 10.1. The van der Waals surface area contributed by atoms with Gasteiger partial charge in [0.2, 0.25) is 5.91 Å². The van der Waals surface area contributed by atoms with Gasteiger partial charge in [0, 0.05) is 31.6 Å². The summed E-state index contributed by atoms with van der Waals surface area (Å²) in [6.45, 7) is 2.71. The van der Waals surface area contributed by atoms with Crippen molar-refractivity contribution in [1.82, 2.24) is 9.47 Å². The molecule has 0 bridgehead atoms. The third kappa shape index (κ3) is 2.79. The summed E-state index contributed by atoms with van der Waals surface area (Å²) in [5.41, 5.74) is 1.20. The molecule has 21 heavy (non-hydrogen) atoms. The van der Waals surface area contributed by atoms with E-state index < -0.39 is 0 Å². The summed E-state index contributed by atoms with van der Waals surface area (Å²) in [7, 11) is 2.03. The van der Waals surface area contributed by atoms with Crippen molar-refractivity contribution >= 4 is 12.0 Å². The van der Waals surface area contributed by atoms with Crippen molar-refractivity contribution in [3.05, 3.63) is 53.8 Å². The van der Waals surface area contributed by atoms with Crippen molar-refractivity contribution in [2.45, 2.75) is 25.8 Å². The highest BCUT2D eigenvalue weighted by Crippen LogP contribution is 2.32. The van der Waals surface area contributed by atoms with Crippen LogP contribution in [-0.4, -0.2) is 21.9 Å². The minimum atomic E-state index is 0.0488. The Hall–Kier alpha value is -2.23. The Labute approximate surface area is 124 Å². The molecule has 1 saturated heterocycles. The standard InChI is InChI=1S/C17H20N2O2/c1-13-7-8-14(21-13)9-10-17(20)19-12-4-6-16(19)15-5-3-11-18(15)2/h3,5,7-11,16H,4,6,12H2,1-2H3. The number of amides is 1. The maximum absolute atomic E-state index is 12.4. The Morgan fingerprint density at radius 3 is 2.90 bits per heavy atom. The van der Waals surface area contributed by atoms with Gasteiger partial charge in [0.25, 0.3) is 0 Å². The molecule has 2 aromatic rings. The number of rotatable bonds is 3. The maximum Gasteiger partial charge on any atom is 0.247 e. The van der Waals surface area contributed by atoms with Crippen molar-refractivity contribution in [1.29, 1.82) is 0 Å². The second-order valence-corrected chi connectivity index (χ2v) is 5.52. The largest absolute Gasteiger partial charge is 0.462 e. The molecule has 2 aromatic heterocycles. The summed E-state index contributed by atoms with van der Waals surface area (Å²) in [5, 5.41) is 0. The van der Waals surface area contributed by atoms with Gasteiger partial charge in [0.1, 0.15) is 11.5 Å². The van der Waals surface area contributed by atoms with Crippen LogP contribution in [-0.2, 0) is 11.8 Å². The highest BCUT2D eigenvalue weighted by atomic mass is 16.3. The van der Waals surface area contributed by atoms with Crippen molar-refractivity contribution < 1.29 is 9.21 Å². The second-order valence-electron chi connectivity index (χ2n) is 5.52. The third-order valence-corrected chi connectivity index (χ3v) is 4.01. The van der Waals surface area contributed by atoms with E-state index in [9.17, 15) is 4.79 Å². The molecular weight excluding hydrogens is 264 g/mol. The van der Waals surface area contributed by atoms with E-state index in [0.29, 0.717) is 0 Å². The second kappa shape index (κ2) is 5.64. The predicted molar refractivity (Wildman–Crippen MR) is 81.6 cm³/mol. The minimum absolute atomic E-state index is 0.0488. The lowest BCUT2D eigenvalue weighted by atomic mass is 10.1. The number of nitrogens with zero attached hydrogens (tertiary/aromatic N) is 2. The van der Waals surface area contributed by atoms with Gasteiger partial charge in [-0.25, -0.2) is 0 Å². The lowest BCUT2D eigenvalue weighted by molar-refractivity contribution is -0.126. The molecule has 1 unspecified atom stereocenters. The number of hydrogen-bond donors (Lipinski definition) is 0. The predicted octanol–water partition coefficient (Wildman–Crippen LogP) is 3.30. The molecule has 0 aromatic carbocycles. The topological polar surface area (TPSA) is 38.4 Å². The van der Waals surface area contributed by atoms with Gasteiger partial charge in [0.15, 0.2) is 0 Å². The average molecular weight is 284 g/mol. The van der Waals surface area contributed by atoms with E-state index in [-0.39, 0.29) is 11.9 Å². The summed E-state index contributed by atoms with van der Waals surface area (Å²) >= 11 is 0. The number of aromatic nitrogens is 1. The van der Waals surface area contributed by atoms with E-state index in [1.165, 1.54) is 5.69 Å². The monoisotopic (exact) mass is 284 g/mol. The van der Waals surface area contributed by atoms with Crippen LogP contribution in [0, 0.1) is 6.92 Å². The molecule has 0 aliphatic carbocycles. The van der Waals surface area contributed by atoms with Crippen LogP contribution in [0.5, 0.6) is 0 Å². The Morgan fingerprint density at radius 2 is 2.24 bits per heavy atom. The normalized spacial score (nSPS) is 18.8. The SMILES string of the molecule is Cc1ccc(C=CC(=O)N2CCCC2c2cccn2C)o1. The molecule has 0 N–H and O–H groups in total. The van der Waals surface area contributed by atoms with Crippen LogP contribution in [0.1, 0.15) is 36.1 Å². The molecule has 4 heteroatoms. The third-order valence-electron chi connectivity index (χ3n) is 4.01. The van der Waals surface area contributed by atoms with E-state index in [1.807, 2.05) is 43.3 Å². The van der Waals surface area contributed by atoms with Crippen molar-refractivity contribution in [3.8, 4) is 0 Å². The van der Waals surface area contributed by atoms with Gasteiger partial charge in [-0.3, -0.25) is 4.79 Å². The number of likely N-dealkylation sites (tertiary alicyclic amines) is 1. The highest BCUT2D eigenvalue weighted by molar-refractivity contribution is 5.91. The Kier molecular flexibility index (Phi) is 3.69. The fourth-order valence-corrected chi connectivity index (χ4v) is 2.95. The molecule has 0 saturated carbocycles. The summed E-state index contributed by atoms with van der Waals surface area (Å²) in [4.78, 5) is 14.4. The molecule has 4 nitrogen and oxygen atoms in total. The first kappa shape index (κ1) is 13.7. The van der Waals surface area contributed by atoms with Crippen LogP contribution in [0.4, 0.5) is 0 Å². The quantitative estimate of drug-likeness (QED) is 0.811. The van der Waals surface area contributed by atoms with Crippen molar-refractivity contribution in [2.24, 2.45) is 7.05 Å². The van der Waals surface area contributed by atoms with Gasteiger partial charge < -0.3 is 13.9 Å².